The number of hydrogen-bond acceptors (Lipinski definition) is 5. The standard InChI is InChI=1S/C22H23N3O3/c1-15-5-4-8-18(11-15)22-24-21(28-25-22)13-23-20(26)14-27-19-10-9-16-6-2-3-7-17(16)12-19/h4-5,8-12H,2-3,6-7,13-14H2,1H3,(H,23,26). The lowest BCUT2D eigenvalue weighted by Crippen LogP contribution is -2.28. The van der Waals surface area contributed by atoms with E-state index in [1.807, 2.05) is 43.3 Å². The minimum absolute atomic E-state index is 0.0440. The summed E-state index contributed by atoms with van der Waals surface area (Å²) in [6.07, 6.45) is 4.67. The Kier molecular flexibility index (Phi) is 5.37. The fourth-order valence-electron chi connectivity index (χ4n) is 3.40. The second-order valence-corrected chi connectivity index (χ2v) is 7.08. The van der Waals surface area contributed by atoms with Gasteiger partial charge in [-0.15, -0.1) is 0 Å². The molecule has 6 heteroatoms. The van der Waals surface area contributed by atoms with E-state index in [9.17, 15) is 4.79 Å². The van der Waals surface area contributed by atoms with E-state index in [4.69, 9.17) is 9.26 Å². The van der Waals surface area contributed by atoms with Gasteiger partial charge in [0.1, 0.15) is 5.75 Å². The zero-order valence-electron chi connectivity index (χ0n) is 15.9. The van der Waals surface area contributed by atoms with Crippen LogP contribution >= 0.6 is 0 Å². The minimum Gasteiger partial charge on any atom is -0.484 e. The lowest BCUT2D eigenvalue weighted by molar-refractivity contribution is -0.123. The molecule has 0 radical (unpaired) electrons. The molecule has 0 unspecified atom stereocenters. The highest BCUT2D eigenvalue weighted by atomic mass is 16.5. The van der Waals surface area contributed by atoms with E-state index in [1.165, 1.54) is 24.0 Å². The Hall–Kier alpha value is -3.15. The molecular formula is C22H23N3O3. The Balaban J connectivity index is 1.28. The van der Waals surface area contributed by atoms with Gasteiger partial charge in [0.25, 0.3) is 5.91 Å². The Morgan fingerprint density at radius 3 is 2.86 bits per heavy atom. The van der Waals surface area contributed by atoms with Gasteiger partial charge >= 0.3 is 0 Å². The van der Waals surface area contributed by atoms with Crippen molar-refractivity contribution in [1.82, 2.24) is 15.5 Å². The molecule has 2 aromatic carbocycles. The van der Waals surface area contributed by atoms with Gasteiger partial charge in [-0.05, 0) is 61.9 Å². The van der Waals surface area contributed by atoms with E-state index in [-0.39, 0.29) is 19.1 Å². The fourth-order valence-corrected chi connectivity index (χ4v) is 3.40. The molecule has 0 fully saturated rings. The molecule has 28 heavy (non-hydrogen) atoms. The van der Waals surface area contributed by atoms with Crippen LogP contribution in [0.4, 0.5) is 0 Å². The van der Waals surface area contributed by atoms with Gasteiger partial charge in [-0.25, -0.2) is 0 Å². The zero-order valence-corrected chi connectivity index (χ0v) is 15.9. The smallest absolute Gasteiger partial charge is 0.258 e. The summed E-state index contributed by atoms with van der Waals surface area (Å²) < 4.78 is 10.8. The first-order chi connectivity index (χ1) is 13.7. The quantitative estimate of drug-likeness (QED) is 0.710. The summed E-state index contributed by atoms with van der Waals surface area (Å²) in [6, 6.07) is 13.9. The number of hydrogen-bond donors (Lipinski definition) is 1. The van der Waals surface area contributed by atoms with E-state index >= 15 is 0 Å². The maximum atomic E-state index is 12.1. The maximum Gasteiger partial charge on any atom is 0.258 e. The molecule has 0 aliphatic heterocycles. The molecule has 1 heterocycles. The third kappa shape index (κ3) is 4.39. The molecule has 3 aromatic rings. The van der Waals surface area contributed by atoms with E-state index in [0.717, 1.165) is 29.7 Å². The number of fused-ring (bicyclic) bond motifs is 1. The van der Waals surface area contributed by atoms with Gasteiger partial charge in [-0.3, -0.25) is 4.79 Å². The van der Waals surface area contributed by atoms with Crippen LogP contribution in [0.5, 0.6) is 5.75 Å². The summed E-state index contributed by atoms with van der Waals surface area (Å²) in [6.45, 7) is 2.14. The zero-order chi connectivity index (χ0) is 19.3. The number of nitrogens with zero attached hydrogens (tertiary/aromatic N) is 2. The van der Waals surface area contributed by atoms with Crippen LogP contribution < -0.4 is 10.1 Å². The number of carbonyl (C=O) groups is 1. The molecule has 0 saturated heterocycles. The van der Waals surface area contributed by atoms with Crippen molar-refractivity contribution in [3.8, 4) is 17.1 Å². The van der Waals surface area contributed by atoms with E-state index in [2.05, 4.69) is 21.5 Å². The van der Waals surface area contributed by atoms with Crippen molar-refractivity contribution in [1.29, 1.82) is 0 Å². The Morgan fingerprint density at radius 1 is 1.14 bits per heavy atom. The van der Waals surface area contributed by atoms with Crippen LogP contribution in [-0.4, -0.2) is 22.7 Å². The summed E-state index contributed by atoms with van der Waals surface area (Å²) in [5.41, 5.74) is 4.73. The number of aromatic nitrogens is 2. The summed E-state index contributed by atoms with van der Waals surface area (Å²) in [7, 11) is 0. The van der Waals surface area contributed by atoms with Gasteiger partial charge in [0.2, 0.25) is 11.7 Å². The van der Waals surface area contributed by atoms with Gasteiger partial charge in [0.05, 0.1) is 6.54 Å². The van der Waals surface area contributed by atoms with Crippen molar-refractivity contribution >= 4 is 5.91 Å². The number of ether oxygens (including phenoxy) is 1. The van der Waals surface area contributed by atoms with Crippen LogP contribution in [0, 0.1) is 6.92 Å². The van der Waals surface area contributed by atoms with Gasteiger partial charge < -0.3 is 14.6 Å². The lowest BCUT2D eigenvalue weighted by atomic mass is 9.92. The number of aryl methyl sites for hydroxylation is 3. The molecule has 1 N–H and O–H groups in total. The van der Waals surface area contributed by atoms with Crippen molar-refractivity contribution < 1.29 is 14.1 Å². The van der Waals surface area contributed by atoms with E-state index in [0.29, 0.717) is 11.7 Å². The summed E-state index contributed by atoms with van der Waals surface area (Å²) in [4.78, 5) is 16.4. The number of carbonyl (C=O) groups excluding carboxylic acids is 1. The van der Waals surface area contributed by atoms with Gasteiger partial charge in [0, 0.05) is 5.56 Å². The predicted molar refractivity (Wildman–Crippen MR) is 105 cm³/mol. The van der Waals surface area contributed by atoms with Crippen molar-refractivity contribution in [2.45, 2.75) is 39.2 Å². The van der Waals surface area contributed by atoms with Crippen LogP contribution in [0.25, 0.3) is 11.4 Å². The molecule has 144 valence electrons. The first-order valence-corrected chi connectivity index (χ1v) is 9.58. The average molecular weight is 377 g/mol. The number of amides is 1. The Labute approximate surface area is 163 Å². The normalized spacial score (nSPS) is 13.0. The van der Waals surface area contributed by atoms with Crippen LogP contribution in [-0.2, 0) is 24.2 Å². The molecular weight excluding hydrogens is 354 g/mol. The average Bonchev–Trinajstić information content (AvgIpc) is 3.20. The lowest BCUT2D eigenvalue weighted by Gasteiger charge is -2.16. The van der Waals surface area contributed by atoms with Crippen molar-refractivity contribution in [3.05, 3.63) is 65.0 Å². The predicted octanol–water partition coefficient (Wildman–Crippen LogP) is 3.62. The van der Waals surface area contributed by atoms with E-state index in [1.54, 1.807) is 0 Å². The highest BCUT2D eigenvalue weighted by Gasteiger charge is 2.12. The minimum atomic E-state index is -0.229. The number of rotatable bonds is 6. The summed E-state index contributed by atoms with van der Waals surface area (Å²) >= 11 is 0. The molecule has 0 bridgehead atoms. The molecule has 0 spiro atoms. The molecule has 1 aromatic heterocycles. The third-order valence-corrected chi connectivity index (χ3v) is 4.87. The monoisotopic (exact) mass is 377 g/mol. The van der Waals surface area contributed by atoms with Crippen LogP contribution in [0.3, 0.4) is 0 Å². The molecule has 1 aliphatic carbocycles. The molecule has 1 aliphatic rings. The van der Waals surface area contributed by atoms with Crippen LogP contribution in [0.1, 0.15) is 35.4 Å². The molecule has 0 atom stereocenters. The summed E-state index contributed by atoms with van der Waals surface area (Å²) in [5.74, 6) is 1.38. The highest BCUT2D eigenvalue weighted by molar-refractivity contribution is 5.77. The number of nitrogens with one attached hydrogen (secondary N) is 1. The molecule has 1 amide bonds. The van der Waals surface area contributed by atoms with Crippen molar-refractivity contribution in [2.24, 2.45) is 0 Å². The second kappa shape index (κ2) is 8.25. The topological polar surface area (TPSA) is 77.2 Å². The van der Waals surface area contributed by atoms with Crippen molar-refractivity contribution in [3.63, 3.8) is 0 Å². The van der Waals surface area contributed by atoms with Crippen molar-refractivity contribution in [2.75, 3.05) is 6.61 Å². The number of benzene rings is 2. The van der Waals surface area contributed by atoms with Gasteiger partial charge in [0.15, 0.2) is 6.61 Å². The third-order valence-electron chi connectivity index (χ3n) is 4.87. The molecule has 0 saturated carbocycles. The second-order valence-electron chi connectivity index (χ2n) is 7.08. The first kappa shape index (κ1) is 18.2. The molecule has 6 nitrogen and oxygen atoms in total. The summed E-state index contributed by atoms with van der Waals surface area (Å²) in [5, 5.41) is 6.72. The maximum absolute atomic E-state index is 12.1. The van der Waals surface area contributed by atoms with Crippen LogP contribution in [0.15, 0.2) is 47.0 Å². The fraction of sp³-hybridized carbons (Fsp3) is 0.318. The largest absolute Gasteiger partial charge is 0.484 e. The Morgan fingerprint density at radius 2 is 2.00 bits per heavy atom. The Bertz CT molecular complexity index is 981. The van der Waals surface area contributed by atoms with Gasteiger partial charge in [-0.2, -0.15) is 4.98 Å². The first-order valence-electron chi connectivity index (χ1n) is 9.58. The van der Waals surface area contributed by atoms with Gasteiger partial charge in [-0.1, -0.05) is 35.0 Å². The molecule has 4 rings (SSSR count). The van der Waals surface area contributed by atoms with E-state index < -0.39 is 0 Å². The highest BCUT2D eigenvalue weighted by Crippen LogP contribution is 2.25. The SMILES string of the molecule is Cc1cccc(-c2noc(CNC(=O)COc3ccc4c(c3)CCCC4)n2)c1. The van der Waals surface area contributed by atoms with Crippen LogP contribution in [0.2, 0.25) is 0 Å².